The first-order valence-electron chi connectivity index (χ1n) is 8.83. The molecule has 1 aliphatic rings. The molecule has 134 valence electrons. The van der Waals surface area contributed by atoms with Crippen molar-refractivity contribution in [2.75, 3.05) is 4.90 Å². The van der Waals surface area contributed by atoms with Gasteiger partial charge in [0, 0.05) is 18.1 Å². The minimum absolute atomic E-state index is 0.0999. The molecule has 0 saturated heterocycles. The molecule has 0 saturated carbocycles. The highest BCUT2D eigenvalue weighted by molar-refractivity contribution is 6.10. The molecule has 0 atom stereocenters. The summed E-state index contributed by atoms with van der Waals surface area (Å²) in [5.41, 5.74) is 4.62. The van der Waals surface area contributed by atoms with Crippen LogP contribution in [0.5, 0.6) is 0 Å². The Morgan fingerprint density at radius 2 is 1.70 bits per heavy atom. The van der Waals surface area contributed by atoms with Crippen LogP contribution in [0.2, 0.25) is 0 Å². The van der Waals surface area contributed by atoms with E-state index in [0.717, 1.165) is 22.4 Å². The molecule has 4 rings (SSSR count). The first kappa shape index (κ1) is 17.1. The Morgan fingerprint density at radius 3 is 2.37 bits per heavy atom. The normalized spacial score (nSPS) is 13.0. The average molecular weight is 357 g/mol. The summed E-state index contributed by atoms with van der Waals surface area (Å²) >= 11 is 0. The van der Waals surface area contributed by atoms with Crippen LogP contribution in [0.1, 0.15) is 34.1 Å². The molecule has 0 spiro atoms. The molecule has 0 fully saturated rings. The molecule has 0 bridgehead atoms. The van der Waals surface area contributed by atoms with Gasteiger partial charge in [-0.2, -0.15) is 0 Å². The second-order valence-corrected chi connectivity index (χ2v) is 6.81. The second-order valence-electron chi connectivity index (χ2n) is 6.81. The predicted octanol–water partition coefficient (Wildman–Crippen LogP) is 4.18. The summed E-state index contributed by atoms with van der Waals surface area (Å²) in [6.45, 7) is 5.43. The lowest BCUT2D eigenvalue weighted by atomic mass is 10.1. The van der Waals surface area contributed by atoms with Crippen molar-refractivity contribution in [3.8, 4) is 11.4 Å². The van der Waals surface area contributed by atoms with Crippen LogP contribution in [-0.2, 0) is 11.2 Å². The highest BCUT2D eigenvalue weighted by Gasteiger charge is 2.35. The van der Waals surface area contributed by atoms with E-state index in [1.165, 1.54) is 6.92 Å². The van der Waals surface area contributed by atoms with Crippen LogP contribution >= 0.6 is 0 Å². The Morgan fingerprint density at radius 1 is 1.00 bits per heavy atom. The Bertz CT molecular complexity index is 1070. The van der Waals surface area contributed by atoms with Crippen LogP contribution in [0.4, 0.5) is 11.5 Å². The number of hydrogen-bond donors (Lipinski definition) is 0. The number of para-hydroxylation sites is 1. The lowest BCUT2D eigenvalue weighted by Crippen LogP contribution is -2.22. The summed E-state index contributed by atoms with van der Waals surface area (Å²) in [7, 11) is 0. The van der Waals surface area contributed by atoms with Crippen LogP contribution in [-0.4, -0.2) is 21.7 Å². The number of benzene rings is 2. The van der Waals surface area contributed by atoms with Crippen molar-refractivity contribution in [1.29, 1.82) is 0 Å². The summed E-state index contributed by atoms with van der Waals surface area (Å²) in [6, 6.07) is 15.5. The monoisotopic (exact) mass is 357 g/mol. The van der Waals surface area contributed by atoms with Crippen molar-refractivity contribution in [3.05, 3.63) is 70.9 Å². The van der Waals surface area contributed by atoms with Crippen molar-refractivity contribution in [2.45, 2.75) is 27.2 Å². The Hall–Kier alpha value is -3.34. The fraction of sp³-hybridized carbons (Fsp3) is 0.182. The van der Waals surface area contributed by atoms with Gasteiger partial charge in [-0.15, -0.1) is 0 Å². The number of anilines is 2. The quantitative estimate of drug-likeness (QED) is 0.660. The third-order valence-electron chi connectivity index (χ3n) is 4.77. The lowest BCUT2D eigenvalue weighted by Gasteiger charge is -2.19. The summed E-state index contributed by atoms with van der Waals surface area (Å²) in [5, 5.41) is 0. The van der Waals surface area contributed by atoms with Gasteiger partial charge in [0.25, 0.3) is 0 Å². The number of aryl methyl sites for hydroxylation is 2. The van der Waals surface area contributed by atoms with Gasteiger partial charge < -0.3 is 0 Å². The zero-order valence-electron chi connectivity index (χ0n) is 15.5. The van der Waals surface area contributed by atoms with E-state index in [2.05, 4.69) is 9.97 Å². The smallest absolute Gasteiger partial charge is 0.237 e. The fourth-order valence-corrected chi connectivity index (χ4v) is 3.35. The van der Waals surface area contributed by atoms with Gasteiger partial charge in [-0.25, -0.2) is 9.97 Å². The topological polar surface area (TPSA) is 63.2 Å². The van der Waals surface area contributed by atoms with Crippen LogP contribution in [0.3, 0.4) is 0 Å². The number of carbonyl (C=O) groups is 2. The van der Waals surface area contributed by atoms with Gasteiger partial charge >= 0.3 is 0 Å². The molecule has 0 N–H and O–H groups in total. The van der Waals surface area contributed by atoms with Crippen molar-refractivity contribution in [1.82, 2.24) is 9.97 Å². The highest BCUT2D eigenvalue weighted by Crippen LogP contribution is 2.38. The molecule has 5 heteroatoms. The first-order chi connectivity index (χ1) is 13.0. The van der Waals surface area contributed by atoms with Gasteiger partial charge in [-0.1, -0.05) is 48.0 Å². The molecule has 0 radical (unpaired) electrons. The molecule has 0 unspecified atom stereocenters. The number of Topliss-reactive ketones (excluding diaryl/α,β-unsaturated/α-hetero) is 1. The third kappa shape index (κ3) is 2.91. The average Bonchev–Trinajstić information content (AvgIpc) is 2.97. The zero-order valence-corrected chi connectivity index (χ0v) is 15.5. The Labute approximate surface area is 157 Å². The fourth-order valence-electron chi connectivity index (χ4n) is 3.35. The third-order valence-corrected chi connectivity index (χ3v) is 4.77. The number of carbonyl (C=O) groups excluding carboxylic acids is 2. The van der Waals surface area contributed by atoms with Gasteiger partial charge in [0.1, 0.15) is 11.5 Å². The maximum absolute atomic E-state index is 12.8. The standard InChI is InChI=1S/C22H19N3O2/c1-13-8-10-16(11-9-13)21-23-20(15(3)26)17-12-19(27)25(22(17)24-21)18-7-5-4-6-14(18)2/h4-11H,12H2,1-3H3. The van der Waals surface area contributed by atoms with Crippen LogP contribution < -0.4 is 4.90 Å². The van der Waals surface area contributed by atoms with Crippen LogP contribution in [0, 0.1) is 13.8 Å². The largest absolute Gasteiger partial charge is 0.293 e. The SMILES string of the molecule is CC(=O)c1nc(-c2ccc(C)cc2)nc2c1CC(=O)N2c1ccccc1C. The van der Waals surface area contributed by atoms with E-state index in [0.29, 0.717) is 22.9 Å². The number of fused-ring (bicyclic) bond motifs is 1. The van der Waals surface area contributed by atoms with Crippen molar-refractivity contribution < 1.29 is 9.59 Å². The number of amides is 1. The van der Waals surface area contributed by atoms with E-state index in [1.54, 1.807) is 4.90 Å². The molecular formula is C22H19N3O2. The van der Waals surface area contributed by atoms with Gasteiger partial charge in [0.15, 0.2) is 11.6 Å². The van der Waals surface area contributed by atoms with Crippen molar-refractivity contribution >= 4 is 23.2 Å². The van der Waals surface area contributed by atoms with Gasteiger partial charge in [0.2, 0.25) is 5.91 Å². The summed E-state index contributed by atoms with van der Waals surface area (Å²) in [5.74, 6) is 0.691. The van der Waals surface area contributed by atoms with Gasteiger partial charge in [-0.3, -0.25) is 14.5 Å². The van der Waals surface area contributed by atoms with Gasteiger partial charge in [0.05, 0.1) is 12.1 Å². The molecule has 3 aromatic rings. The molecule has 1 aromatic heterocycles. The molecule has 2 heterocycles. The molecular weight excluding hydrogens is 338 g/mol. The molecule has 1 amide bonds. The number of nitrogens with zero attached hydrogens (tertiary/aromatic N) is 3. The number of hydrogen-bond acceptors (Lipinski definition) is 4. The van der Waals surface area contributed by atoms with E-state index in [-0.39, 0.29) is 18.1 Å². The van der Waals surface area contributed by atoms with E-state index >= 15 is 0 Å². The van der Waals surface area contributed by atoms with E-state index in [1.807, 2.05) is 62.4 Å². The molecule has 0 aliphatic carbocycles. The summed E-state index contributed by atoms with van der Waals surface area (Å²) in [6.07, 6.45) is 0.132. The minimum Gasteiger partial charge on any atom is -0.293 e. The van der Waals surface area contributed by atoms with E-state index < -0.39 is 0 Å². The van der Waals surface area contributed by atoms with Crippen molar-refractivity contribution in [2.24, 2.45) is 0 Å². The minimum atomic E-state index is -0.165. The first-order valence-corrected chi connectivity index (χ1v) is 8.83. The Balaban J connectivity index is 1.94. The molecule has 5 nitrogen and oxygen atoms in total. The van der Waals surface area contributed by atoms with Crippen LogP contribution in [0.15, 0.2) is 48.5 Å². The molecule has 1 aliphatic heterocycles. The van der Waals surface area contributed by atoms with Gasteiger partial charge in [-0.05, 0) is 25.5 Å². The van der Waals surface area contributed by atoms with E-state index in [9.17, 15) is 9.59 Å². The number of ketones is 1. The maximum atomic E-state index is 12.8. The number of rotatable bonds is 3. The second kappa shape index (κ2) is 6.43. The highest BCUT2D eigenvalue weighted by atomic mass is 16.2. The van der Waals surface area contributed by atoms with E-state index in [4.69, 9.17) is 0 Å². The lowest BCUT2D eigenvalue weighted by molar-refractivity contribution is -0.116. The molecule has 2 aromatic carbocycles. The summed E-state index contributed by atoms with van der Waals surface area (Å²) in [4.78, 5) is 35.8. The summed E-state index contributed by atoms with van der Waals surface area (Å²) < 4.78 is 0. The van der Waals surface area contributed by atoms with Crippen LogP contribution in [0.25, 0.3) is 11.4 Å². The number of aromatic nitrogens is 2. The Kier molecular flexibility index (Phi) is 4.07. The maximum Gasteiger partial charge on any atom is 0.237 e. The molecule has 27 heavy (non-hydrogen) atoms. The van der Waals surface area contributed by atoms with Crippen molar-refractivity contribution in [3.63, 3.8) is 0 Å². The predicted molar refractivity (Wildman–Crippen MR) is 104 cm³/mol. The zero-order chi connectivity index (χ0) is 19.1.